The first-order valence-corrected chi connectivity index (χ1v) is 4.31. The van der Waals surface area contributed by atoms with Crippen LogP contribution in [0.25, 0.3) is 0 Å². The average Bonchev–Trinajstić information content (AvgIpc) is 1.94. The van der Waals surface area contributed by atoms with Crippen LogP contribution in [-0.2, 0) is 0 Å². The normalized spacial score (nSPS) is 10.5. The molecule has 0 aliphatic heterocycles. The van der Waals surface area contributed by atoms with Crippen LogP contribution in [0.5, 0.6) is 0 Å². The van der Waals surface area contributed by atoms with Crippen molar-refractivity contribution in [2.24, 2.45) is 0 Å². The Morgan fingerprint density at radius 1 is 1.55 bits per heavy atom. The largest absolute Gasteiger partial charge is 0.397 e. The number of hydrogen-bond acceptors (Lipinski definition) is 2. The van der Waals surface area contributed by atoms with E-state index in [1.807, 2.05) is 6.07 Å². The van der Waals surface area contributed by atoms with Gasteiger partial charge in [-0.1, -0.05) is 13.8 Å². The van der Waals surface area contributed by atoms with Crippen LogP contribution in [0.4, 0.5) is 5.69 Å². The van der Waals surface area contributed by atoms with Crippen molar-refractivity contribution in [3.8, 4) is 0 Å². The van der Waals surface area contributed by atoms with E-state index in [0.717, 1.165) is 15.9 Å². The maximum Gasteiger partial charge on any atom is 0.106 e. The van der Waals surface area contributed by atoms with Gasteiger partial charge >= 0.3 is 0 Å². The highest BCUT2D eigenvalue weighted by Crippen LogP contribution is 2.23. The second-order valence-corrected chi connectivity index (χ2v) is 3.60. The Labute approximate surface area is 75.0 Å². The van der Waals surface area contributed by atoms with Crippen LogP contribution in [-0.4, -0.2) is 4.98 Å². The lowest BCUT2D eigenvalue weighted by Gasteiger charge is -2.07. The third-order valence-corrected chi connectivity index (χ3v) is 1.99. The van der Waals surface area contributed by atoms with E-state index < -0.39 is 0 Å². The summed E-state index contributed by atoms with van der Waals surface area (Å²) in [6, 6.07) is 1.96. The van der Waals surface area contributed by atoms with Crippen LogP contribution in [0.15, 0.2) is 16.9 Å². The van der Waals surface area contributed by atoms with Gasteiger partial charge < -0.3 is 5.73 Å². The fraction of sp³-hybridized carbons (Fsp3) is 0.375. The van der Waals surface area contributed by atoms with Gasteiger partial charge in [-0.05, 0) is 33.5 Å². The first-order chi connectivity index (χ1) is 5.11. The molecule has 1 rings (SSSR count). The van der Waals surface area contributed by atoms with E-state index >= 15 is 0 Å². The second kappa shape index (κ2) is 3.22. The molecule has 0 radical (unpaired) electrons. The molecular formula is C8H11BrN2. The highest BCUT2D eigenvalue weighted by molar-refractivity contribution is 9.10. The van der Waals surface area contributed by atoms with Crippen molar-refractivity contribution in [1.82, 2.24) is 4.98 Å². The van der Waals surface area contributed by atoms with Crippen molar-refractivity contribution in [1.29, 1.82) is 0 Å². The molecule has 0 saturated carbocycles. The predicted octanol–water partition coefficient (Wildman–Crippen LogP) is 2.55. The summed E-state index contributed by atoms with van der Waals surface area (Å²) in [5.41, 5.74) is 7.62. The topological polar surface area (TPSA) is 38.9 Å². The molecule has 0 unspecified atom stereocenters. The van der Waals surface area contributed by atoms with E-state index in [9.17, 15) is 0 Å². The van der Waals surface area contributed by atoms with Gasteiger partial charge in [-0.25, -0.2) is 4.98 Å². The number of nitrogens with zero attached hydrogens (tertiary/aromatic N) is 1. The minimum atomic E-state index is 0.453. The van der Waals surface area contributed by atoms with Crippen molar-refractivity contribution >= 4 is 21.6 Å². The summed E-state index contributed by atoms with van der Waals surface area (Å²) in [6.45, 7) is 4.22. The molecule has 1 heterocycles. The number of anilines is 1. The summed E-state index contributed by atoms with van der Waals surface area (Å²) in [6.07, 6.45) is 1.68. The van der Waals surface area contributed by atoms with E-state index in [1.54, 1.807) is 6.20 Å². The van der Waals surface area contributed by atoms with Crippen molar-refractivity contribution in [2.45, 2.75) is 19.8 Å². The molecule has 1 aromatic rings. The quantitative estimate of drug-likeness (QED) is 0.731. The second-order valence-electron chi connectivity index (χ2n) is 2.79. The molecule has 1 aromatic heterocycles. The summed E-state index contributed by atoms with van der Waals surface area (Å²) >= 11 is 3.30. The molecule has 0 atom stereocenters. The molecule has 0 fully saturated rings. The Bertz CT molecular complexity index is 258. The lowest BCUT2D eigenvalue weighted by Crippen LogP contribution is -1.97. The average molecular weight is 215 g/mol. The van der Waals surface area contributed by atoms with E-state index in [4.69, 9.17) is 5.73 Å². The van der Waals surface area contributed by atoms with Crippen LogP contribution in [0.3, 0.4) is 0 Å². The van der Waals surface area contributed by atoms with Crippen LogP contribution in [0, 0.1) is 0 Å². The number of hydrogen-bond donors (Lipinski definition) is 1. The Hall–Kier alpha value is -0.570. The Balaban J connectivity index is 3.13. The van der Waals surface area contributed by atoms with E-state index in [-0.39, 0.29) is 0 Å². The zero-order valence-electron chi connectivity index (χ0n) is 6.63. The maximum absolute atomic E-state index is 5.71. The summed E-state index contributed by atoms with van der Waals surface area (Å²) in [5.74, 6) is 0.453. The van der Waals surface area contributed by atoms with E-state index in [0.29, 0.717) is 5.92 Å². The zero-order chi connectivity index (χ0) is 8.43. The fourth-order valence-corrected chi connectivity index (χ4v) is 1.30. The third kappa shape index (κ3) is 1.93. The van der Waals surface area contributed by atoms with Crippen molar-refractivity contribution in [3.63, 3.8) is 0 Å². The van der Waals surface area contributed by atoms with Gasteiger partial charge in [-0.2, -0.15) is 0 Å². The highest BCUT2D eigenvalue weighted by atomic mass is 79.9. The molecule has 3 heteroatoms. The minimum absolute atomic E-state index is 0.453. The Morgan fingerprint density at radius 3 is 2.64 bits per heavy atom. The zero-order valence-corrected chi connectivity index (χ0v) is 8.22. The molecule has 0 bridgehead atoms. The van der Waals surface area contributed by atoms with E-state index in [2.05, 4.69) is 34.8 Å². The molecule has 2 N–H and O–H groups in total. The molecule has 2 nitrogen and oxygen atoms in total. The molecule has 0 spiro atoms. The van der Waals surface area contributed by atoms with Crippen LogP contribution >= 0.6 is 15.9 Å². The molecule has 0 aliphatic carbocycles. The fourth-order valence-electron chi connectivity index (χ4n) is 0.955. The van der Waals surface area contributed by atoms with Crippen LogP contribution in [0.1, 0.15) is 25.3 Å². The maximum atomic E-state index is 5.71. The molecule has 0 saturated heterocycles. The summed E-state index contributed by atoms with van der Waals surface area (Å²) < 4.78 is 0.843. The molecule has 60 valence electrons. The molecule has 11 heavy (non-hydrogen) atoms. The number of nitrogen functional groups attached to an aromatic ring is 1. The first-order valence-electron chi connectivity index (χ1n) is 3.52. The Morgan fingerprint density at radius 2 is 2.18 bits per heavy atom. The standard InChI is InChI=1S/C8H11BrN2/c1-5(2)6-3-8(9)11-4-7(6)10/h3-5H,10H2,1-2H3. The Kier molecular flexibility index (Phi) is 2.49. The highest BCUT2D eigenvalue weighted by Gasteiger charge is 2.04. The number of halogens is 1. The number of pyridine rings is 1. The molecule has 0 aliphatic rings. The minimum Gasteiger partial charge on any atom is -0.397 e. The van der Waals surface area contributed by atoms with Gasteiger partial charge in [-0.3, -0.25) is 0 Å². The smallest absolute Gasteiger partial charge is 0.106 e. The number of aromatic nitrogens is 1. The monoisotopic (exact) mass is 214 g/mol. The van der Waals surface area contributed by atoms with E-state index in [1.165, 1.54) is 0 Å². The van der Waals surface area contributed by atoms with Gasteiger partial charge in [0.05, 0.1) is 11.9 Å². The lowest BCUT2D eigenvalue weighted by atomic mass is 10.0. The van der Waals surface area contributed by atoms with Crippen LogP contribution in [0.2, 0.25) is 0 Å². The SMILES string of the molecule is CC(C)c1cc(Br)ncc1N. The first kappa shape index (κ1) is 8.53. The van der Waals surface area contributed by atoms with Crippen molar-refractivity contribution in [3.05, 3.63) is 22.4 Å². The lowest BCUT2D eigenvalue weighted by molar-refractivity contribution is 0.864. The molecular weight excluding hydrogens is 204 g/mol. The van der Waals surface area contributed by atoms with Gasteiger partial charge in [0.1, 0.15) is 4.60 Å². The van der Waals surface area contributed by atoms with Crippen LogP contribution < -0.4 is 5.73 Å². The van der Waals surface area contributed by atoms with Gasteiger partial charge in [0, 0.05) is 0 Å². The van der Waals surface area contributed by atoms with Crippen molar-refractivity contribution < 1.29 is 0 Å². The summed E-state index contributed by atoms with van der Waals surface area (Å²) in [4.78, 5) is 4.01. The van der Waals surface area contributed by atoms with Crippen molar-refractivity contribution in [2.75, 3.05) is 5.73 Å². The van der Waals surface area contributed by atoms with Gasteiger partial charge in [0.15, 0.2) is 0 Å². The summed E-state index contributed by atoms with van der Waals surface area (Å²) in [7, 11) is 0. The molecule has 0 aromatic carbocycles. The van der Waals surface area contributed by atoms with Gasteiger partial charge in [-0.15, -0.1) is 0 Å². The van der Waals surface area contributed by atoms with Gasteiger partial charge in [0.25, 0.3) is 0 Å². The number of rotatable bonds is 1. The molecule has 0 amide bonds. The summed E-state index contributed by atoms with van der Waals surface area (Å²) in [5, 5.41) is 0. The number of nitrogens with two attached hydrogens (primary N) is 1. The third-order valence-electron chi connectivity index (χ3n) is 1.56. The van der Waals surface area contributed by atoms with Gasteiger partial charge in [0.2, 0.25) is 0 Å². The predicted molar refractivity (Wildman–Crippen MR) is 50.4 cm³/mol.